The molecule has 4 aromatic rings. The Bertz CT molecular complexity index is 1300. The molecule has 8 nitrogen and oxygen atoms in total. The monoisotopic (exact) mass is 427 g/mol. The summed E-state index contributed by atoms with van der Waals surface area (Å²) >= 11 is 0. The molecule has 0 aliphatic carbocycles. The van der Waals surface area contributed by atoms with Crippen molar-refractivity contribution in [3.63, 3.8) is 0 Å². The lowest BCUT2D eigenvalue weighted by Crippen LogP contribution is -2.39. The minimum Gasteiger partial charge on any atom is -0.415 e. The van der Waals surface area contributed by atoms with E-state index in [1.165, 1.54) is 0 Å². The molecule has 0 spiro atoms. The minimum absolute atomic E-state index is 0. The van der Waals surface area contributed by atoms with Crippen LogP contribution in [-0.2, 0) is 5.41 Å². The highest BCUT2D eigenvalue weighted by molar-refractivity contribution is 5.64. The summed E-state index contributed by atoms with van der Waals surface area (Å²) in [5, 5.41) is 21.6. The second-order valence-electron chi connectivity index (χ2n) is 7.84. The molecule has 1 N–H and O–H groups in total. The fourth-order valence-corrected chi connectivity index (χ4v) is 3.94. The van der Waals surface area contributed by atoms with Crippen LogP contribution >= 0.6 is 0 Å². The third kappa shape index (κ3) is 3.63. The summed E-state index contributed by atoms with van der Waals surface area (Å²) < 4.78 is 5.89. The van der Waals surface area contributed by atoms with E-state index in [0.29, 0.717) is 28.9 Å². The lowest BCUT2D eigenvalue weighted by Gasteiger charge is -2.30. The minimum atomic E-state index is -0.584. The zero-order valence-corrected chi connectivity index (χ0v) is 17.6. The number of nitrogens with zero attached hydrogens (tertiary/aromatic N) is 6. The number of piperidine rings is 1. The summed E-state index contributed by atoms with van der Waals surface area (Å²) in [6.45, 7) is 3.46. The van der Waals surface area contributed by atoms with Gasteiger partial charge in [0.1, 0.15) is 11.1 Å². The van der Waals surface area contributed by atoms with E-state index in [2.05, 4.69) is 31.6 Å². The Morgan fingerprint density at radius 1 is 1.03 bits per heavy atom. The van der Waals surface area contributed by atoms with E-state index in [0.717, 1.165) is 42.8 Å². The maximum atomic E-state index is 9.91. The topological polar surface area (TPSA) is 113 Å². The number of hydrogen-bond acceptors (Lipinski definition) is 8. The smallest absolute Gasteiger partial charge is 0.268 e. The molecule has 162 valence electrons. The summed E-state index contributed by atoms with van der Waals surface area (Å²) in [6.07, 6.45) is 4.91. The van der Waals surface area contributed by atoms with Gasteiger partial charge in [-0.05, 0) is 57.1 Å². The summed E-state index contributed by atoms with van der Waals surface area (Å²) in [5.41, 5.74) is 3.77. The SMILES string of the molecule is Cc1ncc(-c2ccnc(C3(C#N)CCNCC3)c2)nc1-c1nnc(-c2ccccc2)o1.[HH].[HH]. The molecular formula is C24H25N7O. The van der Waals surface area contributed by atoms with Gasteiger partial charge in [0.25, 0.3) is 5.89 Å². The van der Waals surface area contributed by atoms with Crippen molar-refractivity contribution in [2.45, 2.75) is 25.2 Å². The van der Waals surface area contributed by atoms with Crippen molar-refractivity contribution < 1.29 is 7.27 Å². The predicted octanol–water partition coefficient (Wildman–Crippen LogP) is 4.20. The fourth-order valence-electron chi connectivity index (χ4n) is 3.94. The van der Waals surface area contributed by atoms with Crippen LogP contribution in [0.5, 0.6) is 0 Å². The van der Waals surface area contributed by atoms with Crippen LogP contribution in [0, 0.1) is 18.3 Å². The van der Waals surface area contributed by atoms with E-state index < -0.39 is 5.41 Å². The second kappa shape index (κ2) is 8.29. The highest BCUT2D eigenvalue weighted by Crippen LogP contribution is 2.33. The first-order chi connectivity index (χ1) is 15.7. The van der Waals surface area contributed by atoms with Crippen molar-refractivity contribution in [3.05, 3.63) is 66.2 Å². The van der Waals surface area contributed by atoms with Crippen molar-refractivity contribution in [2.75, 3.05) is 13.1 Å². The predicted molar refractivity (Wildman–Crippen MR) is 122 cm³/mol. The van der Waals surface area contributed by atoms with Crippen molar-refractivity contribution in [3.8, 4) is 40.4 Å². The van der Waals surface area contributed by atoms with Crippen LogP contribution in [0.25, 0.3) is 34.3 Å². The highest BCUT2D eigenvalue weighted by atomic mass is 16.4. The number of hydrogen-bond donors (Lipinski definition) is 1. The van der Waals surface area contributed by atoms with Gasteiger partial charge in [-0.1, -0.05) is 18.2 Å². The van der Waals surface area contributed by atoms with Crippen LogP contribution in [0.2, 0.25) is 0 Å². The molecule has 1 saturated heterocycles. The van der Waals surface area contributed by atoms with E-state index in [4.69, 9.17) is 9.40 Å². The number of nitriles is 1. The quantitative estimate of drug-likeness (QED) is 0.515. The van der Waals surface area contributed by atoms with Crippen molar-refractivity contribution in [1.82, 2.24) is 30.5 Å². The summed E-state index contributed by atoms with van der Waals surface area (Å²) in [4.78, 5) is 13.8. The molecule has 5 rings (SSSR count). The maximum absolute atomic E-state index is 9.91. The first kappa shape index (κ1) is 20.0. The molecule has 0 amide bonds. The van der Waals surface area contributed by atoms with Gasteiger partial charge in [0.2, 0.25) is 5.89 Å². The lowest BCUT2D eigenvalue weighted by molar-refractivity contribution is 0.375. The van der Waals surface area contributed by atoms with Gasteiger partial charge in [-0.15, -0.1) is 10.2 Å². The molecule has 0 bridgehead atoms. The van der Waals surface area contributed by atoms with Gasteiger partial charge in [-0.25, -0.2) is 4.98 Å². The summed E-state index contributed by atoms with van der Waals surface area (Å²) in [6, 6.07) is 15.9. The Balaban J connectivity index is 0.00000162. The molecule has 0 radical (unpaired) electrons. The third-order valence-electron chi connectivity index (χ3n) is 5.82. The molecule has 1 fully saturated rings. The van der Waals surface area contributed by atoms with Gasteiger partial charge in [0, 0.05) is 20.2 Å². The normalized spacial score (nSPS) is 15.2. The van der Waals surface area contributed by atoms with Gasteiger partial charge in [0.15, 0.2) is 0 Å². The molecule has 1 aromatic carbocycles. The van der Waals surface area contributed by atoms with Crippen LogP contribution in [0.3, 0.4) is 0 Å². The molecule has 0 atom stereocenters. The molecule has 8 heteroatoms. The van der Waals surface area contributed by atoms with Gasteiger partial charge in [0.05, 0.1) is 29.3 Å². The molecule has 1 aliphatic heterocycles. The average molecular weight is 428 g/mol. The standard InChI is InChI=1S/C24H21N7O.2H2/c1-16-21(23-31-30-22(32-23)17-5-3-2-4-6-17)29-19(14-28-16)18-7-10-27-20(13-18)24(15-25)8-11-26-12-9-24;;/h2-7,10,13-14,26H,8-9,11-12H2,1H3;2*1H. The molecule has 3 aromatic heterocycles. The number of aromatic nitrogens is 5. The van der Waals surface area contributed by atoms with Crippen LogP contribution in [-0.4, -0.2) is 38.2 Å². The first-order valence-electron chi connectivity index (χ1n) is 10.5. The lowest BCUT2D eigenvalue weighted by atomic mass is 9.77. The Kier molecular flexibility index (Phi) is 5.17. The number of pyridine rings is 1. The van der Waals surface area contributed by atoms with E-state index >= 15 is 0 Å². The highest BCUT2D eigenvalue weighted by Gasteiger charge is 2.35. The third-order valence-corrected chi connectivity index (χ3v) is 5.82. The second-order valence-corrected chi connectivity index (χ2v) is 7.84. The van der Waals surface area contributed by atoms with Crippen LogP contribution in [0.4, 0.5) is 0 Å². The molecule has 1 aliphatic rings. The first-order valence-corrected chi connectivity index (χ1v) is 10.5. The Morgan fingerprint density at radius 3 is 2.59 bits per heavy atom. The number of benzene rings is 1. The van der Waals surface area contributed by atoms with E-state index in [9.17, 15) is 5.26 Å². The Labute approximate surface area is 188 Å². The van der Waals surface area contributed by atoms with Crippen molar-refractivity contribution >= 4 is 0 Å². The Morgan fingerprint density at radius 2 is 1.81 bits per heavy atom. The van der Waals surface area contributed by atoms with E-state index in [1.807, 2.05) is 49.4 Å². The zero-order valence-electron chi connectivity index (χ0n) is 17.6. The van der Waals surface area contributed by atoms with Crippen molar-refractivity contribution in [1.29, 1.82) is 5.26 Å². The average Bonchev–Trinajstić information content (AvgIpc) is 3.35. The molecule has 0 unspecified atom stereocenters. The molecular weight excluding hydrogens is 402 g/mol. The van der Waals surface area contributed by atoms with E-state index in [-0.39, 0.29) is 2.85 Å². The van der Waals surface area contributed by atoms with Gasteiger partial charge < -0.3 is 9.73 Å². The Hall–Kier alpha value is -3.96. The maximum Gasteiger partial charge on any atom is 0.268 e. The van der Waals surface area contributed by atoms with Gasteiger partial charge >= 0.3 is 0 Å². The number of rotatable bonds is 4. The van der Waals surface area contributed by atoms with Crippen LogP contribution in [0.15, 0.2) is 59.3 Å². The van der Waals surface area contributed by atoms with Crippen LogP contribution in [0.1, 0.15) is 27.1 Å². The molecule has 32 heavy (non-hydrogen) atoms. The van der Waals surface area contributed by atoms with Gasteiger partial charge in [-0.3, -0.25) is 9.97 Å². The van der Waals surface area contributed by atoms with Gasteiger partial charge in [-0.2, -0.15) is 5.26 Å². The number of aryl methyl sites for hydroxylation is 1. The summed E-state index contributed by atoms with van der Waals surface area (Å²) in [7, 11) is 0. The largest absolute Gasteiger partial charge is 0.415 e. The van der Waals surface area contributed by atoms with Crippen LogP contribution < -0.4 is 5.32 Å². The number of nitrogens with one attached hydrogen (secondary N) is 1. The molecule has 4 heterocycles. The molecule has 0 saturated carbocycles. The van der Waals surface area contributed by atoms with Crippen molar-refractivity contribution in [2.24, 2.45) is 0 Å². The zero-order chi connectivity index (χ0) is 22.0. The van der Waals surface area contributed by atoms with E-state index in [1.54, 1.807) is 12.4 Å². The summed E-state index contributed by atoms with van der Waals surface area (Å²) in [5.74, 6) is 0.747. The fraction of sp³-hybridized carbons (Fsp3) is 0.250.